The van der Waals surface area contributed by atoms with Crippen LogP contribution in [-0.2, 0) is 23.9 Å². The average Bonchev–Trinajstić information content (AvgIpc) is 2.93. The minimum Gasteiger partial charge on any atom is -0.457 e. The highest BCUT2D eigenvalue weighted by molar-refractivity contribution is 6.04. The first-order valence-corrected chi connectivity index (χ1v) is 7.44. The molecule has 2 fully saturated rings. The van der Waals surface area contributed by atoms with E-state index in [1.54, 1.807) is 0 Å². The first kappa shape index (κ1) is 15.2. The normalized spacial score (nSPS) is 27.3. The Labute approximate surface area is 132 Å². The molecule has 3 amide bonds. The molecule has 0 bridgehead atoms. The second-order valence-corrected chi connectivity index (χ2v) is 5.64. The van der Waals surface area contributed by atoms with Crippen LogP contribution >= 0.6 is 0 Å². The van der Waals surface area contributed by atoms with Crippen molar-refractivity contribution in [3.05, 3.63) is 35.9 Å². The maximum Gasteiger partial charge on any atom is 0.319 e. The highest BCUT2D eigenvalue weighted by Gasteiger charge is 2.41. The second kappa shape index (κ2) is 6.20. The van der Waals surface area contributed by atoms with E-state index in [1.807, 2.05) is 30.3 Å². The fourth-order valence-electron chi connectivity index (χ4n) is 2.77. The Hall–Kier alpha value is -2.70. The van der Waals surface area contributed by atoms with E-state index in [-0.39, 0.29) is 25.2 Å². The molecule has 0 aromatic heterocycles. The summed E-state index contributed by atoms with van der Waals surface area (Å²) in [5, 5.41) is 4.69. The summed E-state index contributed by atoms with van der Waals surface area (Å²) in [6.45, 7) is 0. The van der Waals surface area contributed by atoms with Gasteiger partial charge in [-0.3, -0.25) is 24.5 Å². The number of cyclic esters (lactones) is 1. The number of rotatable bonds is 3. The van der Waals surface area contributed by atoms with Gasteiger partial charge in [-0.15, -0.1) is 0 Å². The minimum absolute atomic E-state index is 0.165. The van der Waals surface area contributed by atoms with E-state index in [9.17, 15) is 19.2 Å². The molecular weight excluding hydrogens is 300 g/mol. The lowest BCUT2D eigenvalue weighted by atomic mass is 9.98. The summed E-state index contributed by atoms with van der Waals surface area (Å²) in [4.78, 5) is 46.9. The van der Waals surface area contributed by atoms with Crippen molar-refractivity contribution >= 4 is 23.7 Å². The maximum absolute atomic E-state index is 12.3. The number of piperidine rings is 1. The van der Waals surface area contributed by atoms with Gasteiger partial charge in [0.15, 0.2) is 0 Å². The molecule has 2 heterocycles. The summed E-state index contributed by atoms with van der Waals surface area (Å²) < 4.78 is 5.26. The fourth-order valence-corrected chi connectivity index (χ4v) is 2.77. The molecule has 3 unspecified atom stereocenters. The van der Waals surface area contributed by atoms with Crippen LogP contribution in [0.5, 0.6) is 0 Å². The van der Waals surface area contributed by atoms with Gasteiger partial charge in [0.2, 0.25) is 17.7 Å². The summed E-state index contributed by atoms with van der Waals surface area (Å²) in [7, 11) is 0. The molecule has 120 valence electrons. The van der Waals surface area contributed by atoms with Gasteiger partial charge in [0.25, 0.3) is 0 Å². The molecule has 0 aliphatic carbocycles. The van der Waals surface area contributed by atoms with Gasteiger partial charge in [-0.2, -0.15) is 0 Å². The third-order valence-electron chi connectivity index (χ3n) is 4.04. The summed E-state index contributed by atoms with van der Waals surface area (Å²) >= 11 is 0. The average molecular weight is 316 g/mol. The van der Waals surface area contributed by atoms with Gasteiger partial charge >= 0.3 is 5.97 Å². The van der Waals surface area contributed by atoms with Crippen LogP contribution < -0.4 is 10.6 Å². The van der Waals surface area contributed by atoms with Gasteiger partial charge < -0.3 is 10.1 Å². The number of carbonyl (C=O) groups is 4. The van der Waals surface area contributed by atoms with Crippen molar-refractivity contribution in [2.75, 3.05) is 0 Å². The van der Waals surface area contributed by atoms with Crippen molar-refractivity contribution in [1.29, 1.82) is 0 Å². The van der Waals surface area contributed by atoms with Gasteiger partial charge in [-0.1, -0.05) is 30.3 Å². The molecule has 0 saturated carbocycles. The number of ether oxygens (including phenoxy) is 1. The van der Waals surface area contributed by atoms with Gasteiger partial charge in [-0.05, 0) is 12.0 Å². The van der Waals surface area contributed by atoms with E-state index in [2.05, 4.69) is 10.6 Å². The van der Waals surface area contributed by atoms with Crippen LogP contribution in [0.15, 0.2) is 30.3 Å². The smallest absolute Gasteiger partial charge is 0.319 e. The van der Waals surface area contributed by atoms with E-state index in [0.29, 0.717) is 0 Å². The van der Waals surface area contributed by atoms with Gasteiger partial charge in [0.1, 0.15) is 18.1 Å². The highest BCUT2D eigenvalue weighted by atomic mass is 16.6. The number of esters is 1. The van der Waals surface area contributed by atoms with Crippen LogP contribution in [0.3, 0.4) is 0 Å². The number of carbonyl (C=O) groups excluding carboxylic acids is 4. The van der Waals surface area contributed by atoms with Crippen molar-refractivity contribution < 1.29 is 23.9 Å². The van der Waals surface area contributed by atoms with Crippen molar-refractivity contribution in [2.24, 2.45) is 5.92 Å². The summed E-state index contributed by atoms with van der Waals surface area (Å²) in [5.41, 5.74) is 0.831. The van der Waals surface area contributed by atoms with E-state index in [4.69, 9.17) is 4.74 Å². The van der Waals surface area contributed by atoms with Crippen LogP contribution in [-0.4, -0.2) is 29.7 Å². The number of nitrogens with one attached hydrogen (secondary N) is 2. The molecule has 2 N–H and O–H groups in total. The third kappa shape index (κ3) is 3.23. The topological polar surface area (TPSA) is 102 Å². The van der Waals surface area contributed by atoms with Gasteiger partial charge in [0, 0.05) is 12.8 Å². The van der Waals surface area contributed by atoms with Crippen molar-refractivity contribution in [3.63, 3.8) is 0 Å². The Balaban J connectivity index is 1.63. The molecule has 0 spiro atoms. The van der Waals surface area contributed by atoms with Crippen LogP contribution in [0.1, 0.15) is 30.9 Å². The Morgan fingerprint density at radius 2 is 1.91 bits per heavy atom. The molecule has 0 radical (unpaired) electrons. The lowest BCUT2D eigenvalue weighted by molar-refractivity contribution is -0.149. The Bertz CT molecular complexity index is 658. The first-order valence-electron chi connectivity index (χ1n) is 7.44. The van der Waals surface area contributed by atoms with E-state index < -0.39 is 35.8 Å². The molecule has 1 aromatic rings. The predicted octanol–water partition coefficient (Wildman–Crippen LogP) is 0.212. The van der Waals surface area contributed by atoms with Crippen molar-refractivity contribution in [3.8, 4) is 0 Å². The zero-order valence-electron chi connectivity index (χ0n) is 12.3. The summed E-state index contributed by atoms with van der Waals surface area (Å²) in [6.07, 6.45) is 0.182. The zero-order chi connectivity index (χ0) is 16.4. The zero-order valence-corrected chi connectivity index (χ0v) is 12.3. The number of hydrogen-bond donors (Lipinski definition) is 2. The summed E-state index contributed by atoms with van der Waals surface area (Å²) in [6, 6.07) is 8.40. The summed E-state index contributed by atoms with van der Waals surface area (Å²) in [5.74, 6) is -2.97. The second-order valence-electron chi connectivity index (χ2n) is 5.64. The molecule has 7 heteroatoms. The monoisotopic (exact) mass is 316 g/mol. The molecule has 2 aliphatic heterocycles. The molecule has 2 aliphatic rings. The molecule has 1 aromatic carbocycles. The minimum atomic E-state index is -0.939. The van der Waals surface area contributed by atoms with Crippen LogP contribution in [0.4, 0.5) is 0 Å². The molecule has 3 rings (SSSR count). The first-order chi connectivity index (χ1) is 11.0. The molecule has 3 atom stereocenters. The van der Waals surface area contributed by atoms with E-state index >= 15 is 0 Å². The van der Waals surface area contributed by atoms with Gasteiger partial charge in [0.05, 0.1) is 0 Å². The molecule has 23 heavy (non-hydrogen) atoms. The third-order valence-corrected chi connectivity index (χ3v) is 4.04. The van der Waals surface area contributed by atoms with Crippen molar-refractivity contribution in [1.82, 2.24) is 10.6 Å². The fraction of sp³-hybridized carbons (Fsp3) is 0.375. The quantitative estimate of drug-likeness (QED) is 0.472. The highest BCUT2D eigenvalue weighted by Crippen LogP contribution is 2.33. The number of amides is 3. The lowest BCUT2D eigenvalue weighted by Gasteiger charge is -2.22. The molecular formula is C16H16N2O5. The molecule has 7 nitrogen and oxygen atoms in total. The number of hydrogen-bond acceptors (Lipinski definition) is 5. The van der Waals surface area contributed by atoms with E-state index in [0.717, 1.165) is 5.56 Å². The Morgan fingerprint density at radius 1 is 1.17 bits per heavy atom. The maximum atomic E-state index is 12.3. The van der Waals surface area contributed by atoms with Crippen LogP contribution in [0.2, 0.25) is 0 Å². The SMILES string of the molecule is O=C1CCC(NC(=O)C2CC(c3ccccc3)OC2=O)C(=O)N1. The largest absolute Gasteiger partial charge is 0.457 e. The molecule has 2 saturated heterocycles. The van der Waals surface area contributed by atoms with Gasteiger partial charge in [-0.25, -0.2) is 0 Å². The van der Waals surface area contributed by atoms with E-state index in [1.165, 1.54) is 0 Å². The van der Waals surface area contributed by atoms with Crippen molar-refractivity contribution in [2.45, 2.75) is 31.4 Å². The predicted molar refractivity (Wildman–Crippen MR) is 77.7 cm³/mol. The Morgan fingerprint density at radius 3 is 2.61 bits per heavy atom. The Kier molecular flexibility index (Phi) is 4.10. The standard InChI is InChI=1S/C16H16N2O5/c19-13-7-6-11(15(21)18-13)17-14(20)10-8-12(23-16(10)22)9-4-2-1-3-5-9/h1-5,10-12H,6-8H2,(H,17,20)(H,18,19,21). The van der Waals surface area contributed by atoms with Crippen LogP contribution in [0.25, 0.3) is 0 Å². The van der Waals surface area contributed by atoms with Crippen LogP contribution in [0, 0.1) is 5.92 Å². The number of imide groups is 1. The lowest BCUT2D eigenvalue weighted by Crippen LogP contribution is -2.53. The number of benzene rings is 1.